The van der Waals surface area contributed by atoms with Crippen molar-refractivity contribution in [2.75, 3.05) is 33.5 Å². The molecule has 0 saturated heterocycles. The Morgan fingerprint density at radius 3 is 2.29 bits per heavy atom. The summed E-state index contributed by atoms with van der Waals surface area (Å²) in [6.07, 6.45) is 2.18. The molecule has 0 aliphatic heterocycles. The second kappa shape index (κ2) is 8.37. The Bertz CT molecular complexity index is 123. The predicted octanol–water partition coefficient (Wildman–Crippen LogP) is 0.643. The molecule has 5 heteroatoms. The van der Waals surface area contributed by atoms with Gasteiger partial charge in [-0.1, -0.05) is 6.92 Å². The number of rotatable bonds is 9. The summed E-state index contributed by atoms with van der Waals surface area (Å²) in [6.45, 7) is 4.16. The molecule has 0 bridgehead atoms. The minimum atomic E-state index is -2.26. The van der Waals surface area contributed by atoms with E-state index in [1.54, 1.807) is 14.2 Å². The van der Waals surface area contributed by atoms with Gasteiger partial charge in [-0.2, -0.15) is 0 Å². The van der Waals surface area contributed by atoms with Crippen molar-refractivity contribution in [3.05, 3.63) is 0 Å². The third-order valence-corrected chi connectivity index (χ3v) is 5.41. The molecule has 0 rings (SSSR count). The van der Waals surface area contributed by atoms with Crippen molar-refractivity contribution >= 4 is 8.56 Å². The van der Waals surface area contributed by atoms with E-state index >= 15 is 0 Å². The van der Waals surface area contributed by atoms with Crippen LogP contribution in [0.25, 0.3) is 0 Å². The summed E-state index contributed by atoms with van der Waals surface area (Å²) < 4.78 is 10.6. The molecule has 2 N–H and O–H groups in total. The maximum atomic E-state index is 9.17. The van der Waals surface area contributed by atoms with Crippen molar-refractivity contribution in [3.8, 4) is 0 Å². The Hall–Kier alpha value is 0.0569. The van der Waals surface area contributed by atoms with Gasteiger partial charge in [-0.3, -0.25) is 0 Å². The van der Waals surface area contributed by atoms with Gasteiger partial charge in [0.25, 0.3) is 0 Å². The second-order valence-electron chi connectivity index (χ2n) is 3.33. The highest BCUT2D eigenvalue weighted by Crippen LogP contribution is 2.12. The van der Waals surface area contributed by atoms with Crippen molar-refractivity contribution in [1.82, 2.24) is 5.32 Å². The summed E-state index contributed by atoms with van der Waals surface area (Å²) in [6, 6.07) is 0.840. The van der Waals surface area contributed by atoms with Crippen LogP contribution in [0.1, 0.15) is 19.8 Å². The summed E-state index contributed by atoms with van der Waals surface area (Å²) in [7, 11) is 0.971. The highest BCUT2D eigenvalue weighted by atomic mass is 28.4. The lowest BCUT2D eigenvalue weighted by Gasteiger charge is -2.24. The standard InChI is InChI=1S/C9H23NO3Si/c1-4-6-10-7-5-8-14(9-11,12-2)13-3/h10-11H,4-9H2,1-3H3. The molecule has 0 atom stereocenters. The first-order valence-corrected chi connectivity index (χ1v) is 7.39. The van der Waals surface area contributed by atoms with E-state index in [0.29, 0.717) is 0 Å². The van der Waals surface area contributed by atoms with Crippen LogP contribution < -0.4 is 5.32 Å². The van der Waals surface area contributed by atoms with Crippen LogP contribution in [-0.2, 0) is 8.85 Å². The van der Waals surface area contributed by atoms with E-state index in [1.807, 2.05) is 0 Å². The number of aliphatic hydroxyl groups is 1. The van der Waals surface area contributed by atoms with Gasteiger partial charge in [0, 0.05) is 14.2 Å². The van der Waals surface area contributed by atoms with Crippen LogP contribution in [0, 0.1) is 0 Å². The molecule has 0 aromatic carbocycles. The van der Waals surface area contributed by atoms with Gasteiger partial charge in [0.2, 0.25) is 0 Å². The minimum absolute atomic E-state index is 0.0355. The van der Waals surface area contributed by atoms with E-state index < -0.39 is 8.56 Å². The van der Waals surface area contributed by atoms with Gasteiger partial charge in [-0.25, -0.2) is 0 Å². The molecule has 0 saturated carbocycles. The van der Waals surface area contributed by atoms with Gasteiger partial charge < -0.3 is 19.3 Å². The van der Waals surface area contributed by atoms with E-state index in [-0.39, 0.29) is 6.23 Å². The summed E-state index contributed by atoms with van der Waals surface area (Å²) in [5, 5.41) is 12.5. The molecule has 86 valence electrons. The zero-order chi connectivity index (χ0) is 10.9. The largest absolute Gasteiger partial charge is 0.396 e. The molecule has 0 heterocycles. The van der Waals surface area contributed by atoms with Crippen LogP contribution in [-0.4, -0.2) is 47.2 Å². The van der Waals surface area contributed by atoms with Crippen molar-refractivity contribution in [2.24, 2.45) is 0 Å². The maximum absolute atomic E-state index is 9.17. The van der Waals surface area contributed by atoms with Crippen molar-refractivity contribution < 1.29 is 14.0 Å². The second-order valence-corrected chi connectivity index (χ2v) is 6.78. The molecule has 0 aliphatic rings. The first-order chi connectivity index (χ1) is 6.74. The van der Waals surface area contributed by atoms with Gasteiger partial charge >= 0.3 is 8.56 Å². The van der Waals surface area contributed by atoms with E-state index in [4.69, 9.17) is 8.85 Å². The fourth-order valence-electron chi connectivity index (χ4n) is 1.28. The molecule has 0 aromatic heterocycles. The number of hydrogen-bond acceptors (Lipinski definition) is 4. The molecule has 14 heavy (non-hydrogen) atoms. The molecule has 0 aliphatic carbocycles. The number of nitrogens with one attached hydrogen (secondary N) is 1. The lowest BCUT2D eigenvalue weighted by Crippen LogP contribution is -2.45. The lowest BCUT2D eigenvalue weighted by molar-refractivity contribution is 0.196. The topological polar surface area (TPSA) is 50.7 Å². The van der Waals surface area contributed by atoms with Gasteiger partial charge in [0.05, 0.1) is 6.23 Å². The monoisotopic (exact) mass is 221 g/mol. The fraction of sp³-hybridized carbons (Fsp3) is 1.00. The predicted molar refractivity (Wildman–Crippen MR) is 59.4 cm³/mol. The molecule has 0 amide bonds. The maximum Gasteiger partial charge on any atom is 0.364 e. The van der Waals surface area contributed by atoms with Gasteiger partial charge in [-0.15, -0.1) is 0 Å². The Labute approximate surface area is 87.9 Å². The Morgan fingerprint density at radius 1 is 1.21 bits per heavy atom. The van der Waals surface area contributed by atoms with Crippen molar-refractivity contribution in [3.63, 3.8) is 0 Å². The van der Waals surface area contributed by atoms with Crippen LogP contribution in [0.15, 0.2) is 0 Å². The average molecular weight is 221 g/mol. The van der Waals surface area contributed by atoms with Crippen LogP contribution in [0.2, 0.25) is 6.04 Å². The van der Waals surface area contributed by atoms with Crippen LogP contribution >= 0.6 is 0 Å². The molecule has 0 fully saturated rings. The number of hydrogen-bond donors (Lipinski definition) is 2. The van der Waals surface area contributed by atoms with E-state index in [0.717, 1.165) is 32.0 Å². The van der Waals surface area contributed by atoms with E-state index in [9.17, 15) is 5.11 Å². The zero-order valence-corrected chi connectivity index (χ0v) is 10.5. The summed E-state index contributed by atoms with van der Waals surface area (Å²) in [5.74, 6) is 0. The molecule has 0 unspecified atom stereocenters. The van der Waals surface area contributed by atoms with Gasteiger partial charge in [0.1, 0.15) is 0 Å². The molecular formula is C9H23NO3Si. The smallest absolute Gasteiger partial charge is 0.364 e. The van der Waals surface area contributed by atoms with E-state index in [2.05, 4.69) is 12.2 Å². The normalized spacial score (nSPS) is 12.0. The molecule has 0 spiro atoms. The van der Waals surface area contributed by atoms with Crippen LogP contribution in [0.4, 0.5) is 0 Å². The highest BCUT2D eigenvalue weighted by Gasteiger charge is 2.33. The summed E-state index contributed by atoms with van der Waals surface area (Å²) in [5.41, 5.74) is 0. The van der Waals surface area contributed by atoms with Gasteiger partial charge in [-0.05, 0) is 32.0 Å². The van der Waals surface area contributed by atoms with E-state index in [1.165, 1.54) is 0 Å². The molecular weight excluding hydrogens is 198 g/mol. The first-order valence-electron chi connectivity index (χ1n) is 5.16. The van der Waals surface area contributed by atoms with Crippen molar-refractivity contribution in [2.45, 2.75) is 25.8 Å². The summed E-state index contributed by atoms with van der Waals surface area (Å²) in [4.78, 5) is 0. The summed E-state index contributed by atoms with van der Waals surface area (Å²) >= 11 is 0. The molecule has 4 nitrogen and oxygen atoms in total. The minimum Gasteiger partial charge on any atom is -0.396 e. The zero-order valence-electron chi connectivity index (χ0n) is 9.51. The SMILES string of the molecule is CCCNCCC[Si](CO)(OC)OC. The van der Waals surface area contributed by atoms with Gasteiger partial charge in [0.15, 0.2) is 0 Å². The van der Waals surface area contributed by atoms with Crippen molar-refractivity contribution in [1.29, 1.82) is 0 Å². The Balaban J connectivity index is 3.61. The first kappa shape index (κ1) is 14.1. The molecule has 0 aromatic rings. The Kier molecular flexibility index (Phi) is 8.41. The highest BCUT2D eigenvalue weighted by molar-refractivity contribution is 6.67. The van der Waals surface area contributed by atoms with Crippen LogP contribution in [0.5, 0.6) is 0 Å². The lowest BCUT2D eigenvalue weighted by atomic mass is 10.4. The third-order valence-electron chi connectivity index (χ3n) is 2.32. The third kappa shape index (κ3) is 5.07. The van der Waals surface area contributed by atoms with Crippen LogP contribution in [0.3, 0.4) is 0 Å². The quantitative estimate of drug-likeness (QED) is 0.443. The molecule has 0 radical (unpaired) electrons. The average Bonchev–Trinajstić information content (AvgIpc) is 2.24. The Morgan fingerprint density at radius 2 is 1.86 bits per heavy atom. The number of aliphatic hydroxyl groups excluding tert-OH is 1. The fourth-order valence-corrected chi connectivity index (χ4v) is 2.99.